The Morgan fingerprint density at radius 2 is 2.11 bits per heavy atom. The van der Waals surface area contributed by atoms with Crippen molar-refractivity contribution in [2.45, 2.75) is 4.90 Å². The van der Waals surface area contributed by atoms with E-state index in [2.05, 4.69) is 5.32 Å². The van der Waals surface area contributed by atoms with Crippen LogP contribution in [0.1, 0.15) is 0 Å². The molecule has 0 aliphatic heterocycles. The van der Waals surface area contributed by atoms with Crippen LogP contribution in [0.4, 0.5) is 5.69 Å². The molecule has 0 aliphatic rings. The van der Waals surface area contributed by atoms with Gasteiger partial charge in [-0.25, -0.2) is 8.42 Å². The molecule has 0 aliphatic carbocycles. The van der Waals surface area contributed by atoms with Crippen molar-refractivity contribution in [3.05, 3.63) is 33.3 Å². The molecule has 0 radical (unpaired) electrons. The number of likely N-dealkylation sites (N-methyl/N-ethyl adjacent to an activating group) is 2. The summed E-state index contributed by atoms with van der Waals surface area (Å²) < 4.78 is 25.4. The molecule has 1 N–H and O–H groups in total. The molecule has 0 fully saturated rings. The van der Waals surface area contributed by atoms with Crippen LogP contribution in [0.5, 0.6) is 0 Å². The first kappa shape index (κ1) is 15.8. The van der Waals surface area contributed by atoms with Gasteiger partial charge in [0.1, 0.15) is 5.02 Å². The quantitative estimate of drug-likeness (QED) is 0.627. The standard InChI is InChI=1S/C10H14ClN3O4S/c1-12-5-6-13(2)19(17,18)8-3-4-9(11)10(7-8)14(15)16/h3-4,7,12H,5-6H2,1-2H3. The predicted octanol–water partition coefficient (Wildman–Crippen LogP) is 1.09. The van der Waals surface area contributed by atoms with Gasteiger partial charge < -0.3 is 5.32 Å². The highest BCUT2D eigenvalue weighted by atomic mass is 35.5. The Balaban J connectivity index is 3.15. The lowest BCUT2D eigenvalue weighted by atomic mass is 10.3. The van der Waals surface area contributed by atoms with E-state index in [4.69, 9.17) is 11.6 Å². The van der Waals surface area contributed by atoms with E-state index in [0.29, 0.717) is 6.54 Å². The number of rotatable bonds is 6. The minimum Gasteiger partial charge on any atom is -0.318 e. The molecular weight excluding hydrogens is 294 g/mol. The number of nitro benzene ring substituents is 1. The zero-order valence-corrected chi connectivity index (χ0v) is 12.0. The van der Waals surface area contributed by atoms with Crippen molar-refractivity contribution in [3.8, 4) is 0 Å². The van der Waals surface area contributed by atoms with Gasteiger partial charge in [0.2, 0.25) is 10.0 Å². The Labute approximate surface area is 116 Å². The summed E-state index contributed by atoms with van der Waals surface area (Å²) >= 11 is 5.64. The van der Waals surface area contributed by atoms with Gasteiger partial charge in [-0.05, 0) is 19.2 Å². The van der Waals surface area contributed by atoms with Crippen molar-refractivity contribution in [2.24, 2.45) is 0 Å². The molecular formula is C10H14ClN3O4S. The summed E-state index contributed by atoms with van der Waals surface area (Å²) in [6, 6.07) is 3.42. The second kappa shape index (κ2) is 6.29. The number of nitrogens with one attached hydrogen (secondary N) is 1. The van der Waals surface area contributed by atoms with Crippen LogP contribution in [0.3, 0.4) is 0 Å². The Bertz CT molecular complexity index is 576. The molecule has 0 heterocycles. The van der Waals surface area contributed by atoms with Crippen LogP contribution in [0.2, 0.25) is 5.02 Å². The van der Waals surface area contributed by atoms with Crippen LogP contribution in [-0.4, -0.2) is 44.8 Å². The Morgan fingerprint density at radius 3 is 2.63 bits per heavy atom. The predicted molar refractivity (Wildman–Crippen MR) is 71.8 cm³/mol. The first-order valence-corrected chi connectivity index (χ1v) is 7.17. The van der Waals surface area contributed by atoms with Crippen molar-refractivity contribution >= 4 is 27.3 Å². The number of halogens is 1. The average Bonchev–Trinajstić information content (AvgIpc) is 2.35. The van der Waals surface area contributed by atoms with Crippen molar-refractivity contribution in [1.82, 2.24) is 9.62 Å². The maximum Gasteiger partial charge on any atom is 0.289 e. The third-order valence-electron chi connectivity index (χ3n) is 2.50. The molecule has 9 heteroatoms. The van der Waals surface area contributed by atoms with Crippen molar-refractivity contribution < 1.29 is 13.3 Å². The zero-order valence-electron chi connectivity index (χ0n) is 10.5. The minimum absolute atomic E-state index is 0.0955. The van der Waals surface area contributed by atoms with Gasteiger partial charge in [0.15, 0.2) is 0 Å². The van der Waals surface area contributed by atoms with E-state index in [9.17, 15) is 18.5 Å². The van der Waals surface area contributed by atoms with Crippen LogP contribution >= 0.6 is 11.6 Å². The van der Waals surface area contributed by atoms with Crippen LogP contribution in [0.25, 0.3) is 0 Å². The molecule has 0 spiro atoms. The minimum atomic E-state index is -3.75. The van der Waals surface area contributed by atoms with Crippen LogP contribution in [0, 0.1) is 10.1 Å². The van der Waals surface area contributed by atoms with Crippen molar-refractivity contribution in [1.29, 1.82) is 0 Å². The Hall–Kier alpha value is -1.22. The Morgan fingerprint density at radius 1 is 1.47 bits per heavy atom. The van der Waals surface area contributed by atoms with Gasteiger partial charge in [0.05, 0.1) is 9.82 Å². The Kier molecular flexibility index (Phi) is 5.24. The number of sulfonamides is 1. The van der Waals surface area contributed by atoms with Crippen LogP contribution < -0.4 is 5.32 Å². The summed E-state index contributed by atoms with van der Waals surface area (Å²) in [5.41, 5.74) is -0.426. The van der Waals surface area contributed by atoms with Crippen LogP contribution in [-0.2, 0) is 10.0 Å². The second-order valence-corrected chi connectivity index (χ2v) is 6.25. The molecule has 0 aromatic heterocycles. The highest BCUT2D eigenvalue weighted by Gasteiger charge is 2.24. The van der Waals surface area contributed by atoms with Gasteiger partial charge in [0, 0.05) is 26.2 Å². The lowest BCUT2D eigenvalue weighted by molar-refractivity contribution is -0.384. The average molecular weight is 308 g/mol. The molecule has 0 saturated carbocycles. The smallest absolute Gasteiger partial charge is 0.289 e. The highest BCUT2D eigenvalue weighted by Crippen LogP contribution is 2.28. The van der Waals surface area contributed by atoms with E-state index < -0.39 is 20.6 Å². The molecule has 1 aromatic carbocycles. The second-order valence-electron chi connectivity index (χ2n) is 3.80. The first-order chi connectivity index (χ1) is 8.80. The van der Waals surface area contributed by atoms with Gasteiger partial charge in [-0.1, -0.05) is 11.6 Å². The molecule has 1 aromatic rings. The molecule has 0 bridgehead atoms. The fourth-order valence-corrected chi connectivity index (χ4v) is 2.74. The van der Waals surface area contributed by atoms with Gasteiger partial charge in [-0.2, -0.15) is 4.31 Å². The lowest BCUT2D eigenvalue weighted by Gasteiger charge is -2.16. The number of nitrogens with zero attached hydrogens (tertiary/aromatic N) is 2. The maximum absolute atomic E-state index is 12.2. The van der Waals surface area contributed by atoms with Gasteiger partial charge in [-0.3, -0.25) is 10.1 Å². The number of hydrogen-bond acceptors (Lipinski definition) is 5. The van der Waals surface area contributed by atoms with E-state index >= 15 is 0 Å². The third-order valence-corrected chi connectivity index (χ3v) is 4.67. The SMILES string of the molecule is CNCCN(C)S(=O)(=O)c1ccc(Cl)c([N+](=O)[O-])c1. The van der Waals surface area contributed by atoms with E-state index in [-0.39, 0.29) is 16.5 Å². The zero-order chi connectivity index (χ0) is 14.6. The van der Waals surface area contributed by atoms with Gasteiger partial charge >= 0.3 is 0 Å². The molecule has 0 atom stereocenters. The maximum atomic E-state index is 12.2. The van der Waals surface area contributed by atoms with E-state index in [1.165, 1.54) is 19.2 Å². The van der Waals surface area contributed by atoms with Crippen molar-refractivity contribution in [3.63, 3.8) is 0 Å². The topological polar surface area (TPSA) is 92.6 Å². The summed E-state index contributed by atoms with van der Waals surface area (Å²) in [7, 11) is -0.642. The van der Waals surface area contributed by atoms with E-state index in [1.54, 1.807) is 7.05 Å². The monoisotopic (exact) mass is 307 g/mol. The van der Waals surface area contributed by atoms with Crippen molar-refractivity contribution in [2.75, 3.05) is 27.2 Å². The van der Waals surface area contributed by atoms with Gasteiger partial charge in [0.25, 0.3) is 5.69 Å². The highest BCUT2D eigenvalue weighted by molar-refractivity contribution is 7.89. The molecule has 0 saturated heterocycles. The van der Waals surface area contributed by atoms with Crippen LogP contribution in [0.15, 0.2) is 23.1 Å². The number of hydrogen-bond donors (Lipinski definition) is 1. The molecule has 0 unspecified atom stereocenters. The van der Waals surface area contributed by atoms with Gasteiger partial charge in [-0.15, -0.1) is 0 Å². The summed E-state index contributed by atoms with van der Waals surface area (Å²) in [5.74, 6) is 0. The summed E-state index contributed by atoms with van der Waals surface area (Å²) in [6.07, 6.45) is 0. The molecule has 106 valence electrons. The molecule has 1 rings (SSSR count). The molecule has 19 heavy (non-hydrogen) atoms. The summed E-state index contributed by atoms with van der Waals surface area (Å²) in [4.78, 5) is 9.88. The normalized spacial score (nSPS) is 11.8. The van der Waals surface area contributed by atoms with E-state index in [0.717, 1.165) is 10.4 Å². The summed E-state index contributed by atoms with van der Waals surface area (Å²) in [5, 5.41) is 13.5. The lowest BCUT2D eigenvalue weighted by Crippen LogP contribution is -2.32. The molecule has 7 nitrogen and oxygen atoms in total. The number of nitro groups is 1. The molecule has 0 amide bonds. The summed E-state index contributed by atoms with van der Waals surface area (Å²) in [6.45, 7) is 0.737. The third kappa shape index (κ3) is 3.63. The largest absolute Gasteiger partial charge is 0.318 e. The fraction of sp³-hybridized carbons (Fsp3) is 0.400. The first-order valence-electron chi connectivity index (χ1n) is 5.35. The fourth-order valence-electron chi connectivity index (χ4n) is 1.36. The number of benzene rings is 1. The van der Waals surface area contributed by atoms with E-state index in [1.807, 2.05) is 0 Å².